The summed E-state index contributed by atoms with van der Waals surface area (Å²) in [4.78, 5) is 68.7. The molecule has 1 aromatic heterocycles. The van der Waals surface area contributed by atoms with E-state index in [1.54, 1.807) is 13.8 Å². The van der Waals surface area contributed by atoms with Crippen LogP contribution in [0.3, 0.4) is 0 Å². The van der Waals surface area contributed by atoms with Crippen molar-refractivity contribution < 1.29 is 24.0 Å². The van der Waals surface area contributed by atoms with Gasteiger partial charge >= 0.3 is 0 Å². The van der Waals surface area contributed by atoms with Crippen LogP contribution in [0.1, 0.15) is 47.8 Å². The highest BCUT2D eigenvalue weighted by atomic mass is 16.2. The summed E-state index contributed by atoms with van der Waals surface area (Å²) in [7, 11) is 0. The molecular formula is C32H37N5O5. The molecule has 4 N–H and O–H groups in total. The topological polar surface area (TPSA) is 146 Å². The number of hydrogen-bond donors (Lipinski definition) is 4. The van der Waals surface area contributed by atoms with Crippen molar-refractivity contribution in [2.45, 2.75) is 58.8 Å². The number of hydrogen-bond acceptors (Lipinski definition) is 6. The maximum atomic E-state index is 13.4. The number of aromatic nitrogens is 1. The molecule has 0 saturated heterocycles. The van der Waals surface area contributed by atoms with E-state index in [4.69, 9.17) is 0 Å². The van der Waals surface area contributed by atoms with Crippen LogP contribution in [0.2, 0.25) is 0 Å². The lowest BCUT2D eigenvalue weighted by Gasteiger charge is -2.25. The third-order valence-electron chi connectivity index (χ3n) is 6.77. The van der Waals surface area contributed by atoms with Gasteiger partial charge in [-0.2, -0.15) is 0 Å². The molecule has 0 saturated carbocycles. The van der Waals surface area contributed by atoms with E-state index >= 15 is 0 Å². The van der Waals surface area contributed by atoms with Crippen LogP contribution < -0.4 is 21.3 Å². The van der Waals surface area contributed by atoms with Crippen LogP contribution in [0.4, 0.5) is 0 Å². The fourth-order valence-corrected chi connectivity index (χ4v) is 4.21. The smallest absolute Gasteiger partial charge is 0.289 e. The second-order valence-corrected chi connectivity index (χ2v) is 10.4. The van der Waals surface area contributed by atoms with E-state index in [9.17, 15) is 24.0 Å². The number of benzene rings is 2. The number of amides is 4. The van der Waals surface area contributed by atoms with Crippen LogP contribution in [0, 0.1) is 12.8 Å². The summed E-state index contributed by atoms with van der Waals surface area (Å²) in [5, 5.41) is 10.6. The van der Waals surface area contributed by atoms with Crippen LogP contribution in [-0.2, 0) is 32.1 Å². The van der Waals surface area contributed by atoms with Gasteiger partial charge in [-0.3, -0.25) is 29.0 Å². The van der Waals surface area contributed by atoms with Gasteiger partial charge in [-0.15, -0.1) is 0 Å². The number of nitrogens with one attached hydrogen (secondary N) is 4. The molecule has 0 unspecified atom stereocenters. The number of rotatable bonds is 13. The Labute approximate surface area is 245 Å². The van der Waals surface area contributed by atoms with Crippen molar-refractivity contribution in [2.24, 2.45) is 5.92 Å². The minimum Gasteiger partial charge on any atom is -0.345 e. The van der Waals surface area contributed by atoms with Gasteiger partial charge in [0.25, 0.3) is 11.8 Å². The fourth-order valence-electron chi connectivity index (χ4n) is 4.21. The SMILES string of the molecule is Cc1ccccc1C[C@H](NC(=O)c1ccncc1)C(=O)N[C@@H](C)C(=O)N[C@H](C(=O)C(=O)NCc1ccccc1)C(C)C. The van der Waals surface area contributed by atoms with Crippen LogP contribution in [0.25, 0.3) is 0 Å². The maximum Gasteiger partial charge on any atom is 0.289 e. The molecule has 42 heavy (non-hydrogen) atoms. The van der Waals surface area contributed by atoms with Gasteiger partial charge < -0.3 is 21.3 Å². The molecular weight excluding hydrogens is 534 g/mol. The average molecular weight is 572 g/mol. The standard InChI is InChI=1S/C32H37N5O5/c1-20(2)27(28(38)32(42)34-19-23-11-6-5-7-12-23)37-29(39)22(4)35-31(41)26(18-25-13-9-8-10-21(25)3)36-30(40)24-14-16-33-17-15-24/h5-17,20,22,26-27H,18-19H2,1-4H3,(H,34,42)(H,35,41)(H,36,40)(H,37,39)/t22-,26-,27-/m0/s1. The molecule has 1 heterocycles. The molecule has 0 bridgehead atoms. The zero-order valence-corrected chi connectivity index (χ0v) is 24.2. The Balaban J connectivity index is 1.66. The highest BCUT2D eigenvalue weighted by molar-refractivity contribution is 6.38. The Morgan fingerprint density at radius 2 is 1.40 bits per heavy atom. The average Bonchev–Trinajstić information content (AvgIpc) is 2.99. The molecule has 0 aliphatic carbocycles. The van der Waals surface area contributed by atoms with E-state index in [0.29, 0.717) is 5.56 Å². The lowest BCUT2D eigenvalue weighted by Crippen LogP contribution is -2.57. The van der Waals surface area contributed by atoms with Crippen molar-refractivity contribution in [1.82, 2.24) is 26.3 Å². The van der Waals surface area contributed by atoms with E-state index in [-0.39, 0.29) is 18.9 Å². The molecule has 4 amide bonds. The molecule has 0 spiro atoms. The largest absolute Gasteiger partial charge is 0.345 e. The summed E-state index contributed by atoms with van der Waals surface area (Å²) in [5.41, 5.74) is 2.97. The lowest BCUT2D eigenvalue weighted by atomic mass is 9.98. The van der Waals surface area contributed by atoms with Crippen LogP contribution >= 0.6 is 0 Å². The van der Waals surface area contributed by atoms with Crippen molar-refractivity contribution in [2.75, 3.05) is 0 Å². The van der Waals surface area contributed by atoms with Crippen molar-refractivity contribution in [3.8, 4) is 0 Å². The monoisotopic (exact) mass is 571 g/mol. The summed E-state index contributed by atoms with van der Waals surface area (Å²) >= 11 is 0. The number of pyridine rings is 1. The van der Waals surface area contributed by atoms with Gasteiger partial charge in [0.2, 0.25) is 17.6 Å². The van der Waals surface area contributed by atoms with Crippen molar-refractivity contribution in [1.29, 1.82) is 0 Å². The van der Waals surface area contributed by atoms with Crippen molar-refractivity contribution >= 4 is 29.4 Å². The van der Waals surface area contributed by atoms with Gasteiger partial charge in [-0.1, -0.05) is 68.4 Å². The summed E-state index contributed by atoms with van der Waals surface area (Å²) in [5.74, 6) is -3.66. The highest BCUT2D eigenvalue weighted by Gasteiger charge is 2.32. The predicted octanol–water partition coefficient (Wildman–Crippen LogP) is 2.26. The summed E-state index contributed by atoms with van der Waals surface area (Å²) in [6, 6.07) is 16.6. The van der Waals surface area contributed by atoms with E-state index < -0.39 is 47.5 Å². The molecule has 0 radical (unpaired) electrons. The Morgan fingerprint density at radius 1 is 0.762 bits per heavy atom. The second kappa shape index (κ2) is 15.2. The fraction of sp³-hybridized carbons (Fsp3) is 0.312. The van der Waals surface area contributed by atoms with Crippen molar-refractivity contribution in [3.05, 3.63) is 101 Å². The third kappa shape index (κ3) is 9.09. The van der Waals surface area contributed by atoms with Gasteiger partial charge in [0.1, 0.15) is 12.1 Å². The molecule has 10 nitrogen and oxygen atoms in total. The first-order valence-electron chi connectivity index (χ1n) is 13.8. The number of nitrogens with zero attached hydrogens (tertiary/aromatic N) is 1. The van der Waals surface area contributed by atoms with Gasteiger partial charge in [0.15, 0.2) is 0 Å². The number of Topliss-reactive ketones (excluding diaryl/α,β-unsaturated/α-hetero) is 1. The molecule has 0 aliphatic rings. The summed E-state index contributed by atoms with van der Waals surface area (Å²) in [6.07, 6.45) is 3.15. The molecule has 0 fully saturated rings. The Hall–Kier alpha value is -4.86. The van der Waals surface area contributed by atoms with E-state index in [1.165, 1.54) is 31.5 Å². The minimum absolute atomic E-state index is 0.171. The second-order valence-electron chi connectivity index (χ2n) is 10.4. The Morgan fingerprint density at radius 3 is 2.05 bits per heavy atom. The first-order valence-corrected chi connectivity index (χ1v) is 13.8. The molecule has 3 atom stereocenters. The van der Waals surface area contributed by atoms with Crippen molar-refractivity contribution in [3.63, 3.8) is 0 Å². The van der Waals surface area contributed by atoms with E-state index in [1.807, 2.05) is 61.5 Å². The molecule has 10 heteroatoms. The van der Waals surface area contributed by atoms with E-state index in [0.717, 1.165) is 16.7 Å². The van der Waals surface area contributed by atoms with Crippen LogP contribution in [0.15, 0.2) is 79.1 Å². The normalized spacial score (nSPS) is 12.9. The zero-order chi connectivity index (χ0) is 30.6. The lowest BCUT2D eigenvalue weighted by molar-refractivity contribution is -0.141. The predicted molar refractivity (Wildman–Crippen MR) is 158 cm³/mol. The Bertz CT molecular complexity index is 1390. The Kier molecular flexibility index (Phi) is 11.5. The minimum atomic E-state index is -1.10. The van der Waals surface area contributed by atoms with Gasteiger partial charge in [-0.25, -0.2) is 0 Å². The number of aryl methyl sites for hydroxylation is 1. The van der Waals surface area contributed by atoms with E-state index in [2.05, 4.69) is 26.3 Å². The highest BCUT2D eigenvalue weighted by Crippen LogP contribution is 2.11. The summed E-state index contributed by atoms with van der Waals surface area (Å²) in [6.45, 7) is 6.97. The molecule has 3 rings (SSSR count). The zero-order valence-electron chi connectivity index (χ0n) is 24.2. The molecule has 220 valence electrons. The molecule has 3 aromatic rings. The summed E-state index contributed by atoms with van der Waals surface area (Å²) < 4.78 is 0. The third-order valence-corrected chi connectivity index (χ3v) is 6.77. The van der Waals surface area contributed by atoms with Gasteiger partial charge in [0.05, 0.1) is 6.04 Å². The number of ketones is 1. The maximum absolute atomic E-state index is 13.4. The molecule has 0 aliphatic heterocycles. The number of carbonyl (C=O) groups is 5. The first kappa shape index (κ1) is 31.7. The van der Waals surface area contributed by atoms with Crippen LogP contribution in [0.5, 0.6) is 0 Å². The number of carbonyl (C=O) groups excluding carboxylic acids is 5. The van der Waals surface area contributed by atoms with Gasteiger partial charge in [-0.05, 0) is 48.6 Å². The quantitative estimate of drug-likeness (QED) is 0.232. The van der Waals surface area contributed by atoms with Gasteiger partial charge in [0, 0.05) is 30.9 Å². The van der Waals surface area contributed by atoms with Crippen LogP contribution in [-0.4, -0.2) is 52.5 Å². The molecule has 2 aromatic carbocycles. The first-order chi connectivity index (χ1) is 20.1.